The summed E-state index contributed by atoms with van der Waals surface area (Å²) in [4.78, 5) is 15.1. The summed E-state index contributed by atoms with van der Waals surface area (Å²) in [6.07, 6.45) is 2.04. The van der Waals surface area contributed by atoms with Crippen LogP contribution in [0.5, 0.6) is 0 Å². The molecule has 0 aromatic heterocycles. The number of nitrogens with zero attached hydrogens (tertiary/aromatic N) is 1. The lowest BCUT2D eigenvalue weighted by molar-refractivity contribution is 0.102. The molecule has 0 radical (unpaired) electrons. The Morgan fingerprint density at radius 3 is 2.21 bits per heavy atom. The highest BCUT2D eigenvalue weighted by Gasteiger charge is 2.22. The second kappa shape index (κ2) is 9.81. The van der Waals surface area contributed by atoms with Crippen LogP contribution in [0.3, 0.4) is 0 Å². The van der Waals surface area contributed by atoms with Gasteiger partial charge in [0.05, 0.1) is 26.9 Å². The van der Waals surface area contributed by atoms with Crippen LogP contribution < -0.4 is 14.9 Å². The summed E-state index contributed by atoms with van der Waals surface area (Å²) < 4.78 is 28.6. The average Bonchev–Trinajstić information content (AvgIpc) is 3.31. The number of benzene rings is 3. The zero-order valence-electron chi connectivity index (χ0n) is 17.3. The van der Waals surface area contributed by atoms with Crippen LogP contribution in [0.15, 0.2) is 65.6 Å². The fourth-order valence-corrected chi connectivity index (χ4v) is 5.20. The lowest BCUT2D eigenvalue weighted by atomic mass is 10.2. The SMILES string of the molecule is O=C(Nc1cc(S(=O)(=O)Nc2ccc(Cl)cc2)ccc1N1CCCC1)c1cc(Cl)ccc1Cl. The first-order valence-electron chi connectivity index (χ1n) is 10.2. The minimum atomic E-state index is -3.91. The molecule has 0 aliphatic carbocycles. The summed E-state index contributed by atoms with van der Waals surface area (Å²) in [6, 6.07) is 15.6. The predicted molar refractivity (Wildman–Crippen MR) is 135 cm³/mol. The third kappa shape index (κ3) is 5.55. The van der Waals surface area contributed by atoms with Crippen LogP contribution in [0.25, 0.3) is 0 Å². The summed E-state index contributed by atoms with van der Waals surface area (Å²) >= 11 is 18.1. The van der Waals surface area contributed by atoms with Gasteiger partial charge in [0.1, 0.15) is 0 Å². The maximum absolute atomic E-state index is 13.0. The van der Waals surface area contributed by atoms with Crippen molar-refractivity contribution in [2.75, 3.05) is 28.0 Å². The molecule has 172 valence electrons. The molecule has 1 amide bonds. The highest BCUT2D eigenvalue weighted by Crippen LogP contribution is 2.33. The topological polar surface area (TPSA) is 78.5 Å². The summed E-state index contributed by atoms with van der Waals surface area (Å²) in [6.45, 7) is 1.63. The molecular weight excluding hydrogens is 505 g/mol. The first-order valence-corrected chi connectivity index (χ1v) is 12.8. The van der Waals surface area contributed by atoms with Gasteiger partial charge in [-0.25, -0.2) is 8.42 Å². The molecule has 1 aliphatic heterocycles. The molecule has 4 rings (SSSR count). The van der Waals surface area contributed by atoms with E-state index in [1.165, 1.54) is 24.3 Å². The highest BCUT2D eigenvalue weighted by molar-refractivity contribution is 7.92. The maximum Gasteiger partial charge on any atom is 0.261 e. The van der Waals surface area contributed by atoms with E-state index in [0.717, 1.165) is 31.6 Å². The number of nitrogens with one attached hydrogen (secondary N) is 2. The Hall–Kier alpha value is -2.45. The van der Waals surface area contributed by atoms with Gasteiger partial charge in [-0.3, -0.25) is 9.52 Å². The van der Waals surface area contributed by atoms with E-state index in [4.69, 9.17) is 34.8 Å². The second-order valence-electron chi connectivity index (χ2n) is 7.56. The molecule has 3 aromatic carbocycles. The van der Waals surface area contributed by atoms with Crippen LogP contribution in [0.1, 0.15) is 23.2 Å². The Morgan fingerprint density at radius 2 is 1.52 bits per heavy atom. The molecular formula is C23H20Cl3N3O3S. The zero-order valence-corrected chi connectivity index (χ0v) is 20.4. The Labute approximate surface area is 207 Å². The Kier molecular flexibility index (Phi) is 7.05. The second-order valence-corrected chi connectivity index (χ2v) is 10.5. The molecule has 0 atom stereocenters. The largest absolute Gasteiger partial charge is 0.370 e. The average molecular weight is 525 g/mol. The Bertz CT molecular complexity index is 1290. The summed E-state index contributed by atoms with van der Waals surface area (Å²) in [5.74, 6) is -0.483. The van der Waals surface area contributed by atoms with Gasteiger partial charge >= 0.3 is 0 Å². The van der Waals surface area contributed by atoms with Crippen molar-refractivity contribution in [3.8, 4) is 0 Å². The van der Waals surface area contributed by atoms with Crippen molar-refractivity contribution in [3.05, 3.63) is 81.3 Å². The number of carbonyl (C=O) groups excluding carboxylic acids is 1. The molecule has 1 saturated heterocycles. The van der Waals surface area contributed by atoms with Gasteiger partial charge < -0.3 is 10.2 Å². The van der Waals surface area contributed by atoms with Gasteiger partial charge in [0.15, 0.2) is 0 Å². The van der Waals surface area contributed by atoms with Gasteiger partial charge in [-0.1, -0.05) is 34.8 Å². The molecule has 2 N–H and O–H groups in total. The molecule has 1 fully saturated rings. The molecule has 10 heteroatoms. The monoisotopic (exact) mass is 523 g/mol. The number of anilines is 3. The molecule has 0 saturated carbocycles. The van der Waals surface area contributed by atoms with Crippen LogP contribution in [0.4, 0.5) is 17.1 Å². The number of carbonyl (C=O) groups is 1. The first kappa shape index (κ1) is 23.7. The zero-order chi connectivity index (χ0) is 23.6. The quantitative estimate of drug-likeness (QED) is 0.397. The van der Waals surface area contributed by atoms with Gasteiger partial charge in [-0.2, -0.15) is 0 Å². The van der Waals surface area contributed by atoms with Crippen molar-refractivity contribution in [1.29, 1.82) is 0 Å². The van der Waals surface area contributed by atoms with Crippen LogP contribution in [-0.4, -0.2) is 27.4 Å². The van der Waals surface area contributed by atoms with Crippen LogP contribution in [0.2, 0.25) is 15.1 Å². The van der Waals surface area contributed by atoms with E-state index < -0.39 is 15.9 Å². The lowest BCUT2D eigenvalue weighted by Gasteiger charge is -2.22. The normalized spacial score (nSPS) is 13.7. The van der Waals surface area contributed by atoms with E-state index >= 15 is 0 Å². The first-order chi connectivity index (χ1) is 15.7. The van der Waals surface area contributed by atoms with E-state index in [2.05, 4.69) is 14.9 Å². The Morgan fingerprint density at radius 1 is 0.848 bits per heavy atom. The van der Waals surface area contributed by atoms with Crippen LogP contribution >= 0.6 is 34.8 Å². The van der Waals surface area contributed by atoms with Crippen molar-refractivity contribution in [1.82, 2.24) is 0 Å². The van der Waals surface area contributed by atoms with Gasteiger partial charge in [0.25, 0.3) is 15.9 Å². The van der Waals surface area contributed by atoms with Crippen molar-refractivity contribution in [2.45, 2.75) is 17.7 Å². The van der Waals surface area contributed by atoms with E-state index in [-0.39, 0.29) is 15.5 Å². The van der Waals surface area contributed by atoms with E-state index in [0.29, 0.717) is 21.4 Å². The fourth-order valence-electron chi connectivity index (χ4n) is 3.61. The highest BCUT2D eigenvalue weighted by atomic mass is 35.5. The maximum atomic E-state index is 13.0. The van der Waals surface area contributed by atoms with E-state index in [1.807, 2.05) is 0 Å². The van der Waals surface area contributed by atoms with Crippen LogP contribution in [-0.2, 0) is 10.0 Å². The molecule has 1 aliphatic rings. The van der Waals surface area contributed by atoms with Crippen molar-refractivity contribution in [2.24, 2.45) is 0 Å². The summed E-state index contributed by atoms with van der Waals surface area (Å²) in [5, 5.41) is 3.93. The molecule has 0 spiro atoms. The minimum Gasteiger partial charge on any atom is -0.370 e. The minimum absolute atomic E-state index is 0.00730. The molecule has 1 heterocycles. The molecule has 0 unspecified atom stereocenters. The fraction of sp³-hybridized carbons (Fsp3) is 0.174. The van der Waals surface area contributed by atoms with Crippen LogP contribution in [0, 0.1) is 0 Å². The number of rotatable bonds is 6. The standard InChI is InChI=1S/C23H20Cl3N3O3S/c24-15-3-6-17(7-4-15)28-33(31,32)18-8-10-22(29-11-1-2-12-29)21(14-18)27-23(30)19-13-16(25)5-9-20(19)26/h3-10,13-14,28H,1-2,11-12H2,(H,27,30). The smallest absolute Gasteiger partial charge is 0.261 e. The number of amides is 1. The van der Waals surface area contributed by atoms with Gasteiger partial charge in [0.2, 0.25) is 0 Å². The van der Waals surface area contributed by atoms with E-state index in [9.17, 15) is 13.2 Å². The van der Waals surface area contributed by atoms with Crippen molar-refractivity contribution in [3.63, 3.8) is 0 Å². The lowest BCUT2D eigenvalue weighted by Crippen LogP contribution is -2.22. The number of hydrogen-bond donors (Lipinski definition) is 2. The van der Waals surface area contributed by atoms with E-state index in [1.54, 1.807) is 36.4 Å². The number of hydrogen-bond acceptors (Lipinski definition) is 4. The third-order valence-electron chi connectivity index (χ3n) is 5.24. The molecule has 6 nitrogen and oxygen atoms in total. The molecule has 0 bridgehead atoms. The van der Waals surface area contributed by atoms with Gasteiger partial charge in [0, 0.05) is 28.8 Å². The summed E-state index contributed by atoms with van der Waals surface area (Å²) in [5.41, 5.74) is 1.68. The van der Waals surface area contributed by atoms with Gasteiger partial charge in [-0.05, 0) is 73.5 Å². The predicted octanol–water partition coefficient (Wildman–Crippen LogP) is 6.30. The summed E-state index contributed by atoms with van der Waals surface area (Å²) in [7, 11) is -3.91. The van der Waals surface area contributed by atoms with Crippen molar-refractivity contribution < 1.29 is 13.2 Å². The number of halogens is 3. The third-order valence-corrected chi connectivity index (χ3v) is 7.44. The molecule has 33 heavy (non-hydrogen) atoms. The molecule has 3 aromatic rings. The van der Waals surface area contributed by atoms with Gasteiger partial charge in [-0.15, -0.1) is 0 Å². The number of sulfonamides is 1. The Balaban J connectivity index is 1.69. The van der Waals surface area contributed by atoms with Crippen molar-refractivity contribution >= 4 is 67.8 Å².